The Kier molecular flexibility index (Phi) is 4.42. The highest BCUT2D eigenvalue weighted by atomic mass is 16.6. The van der Waals surface area contributed by atoms with Crippen molar-refractivity contribution in [2.24, 2.45) is 0 Å². The summed E-state index contributed by atoms with van der Waals surface area (Å²) in [5.74, 6) is 6.40. The van der Waals surface area contributed by atoms with Crippen molar-refractivity contribution in [1.29, 1.82) is 0 Å². The molecule has 4 aromatic rings. The summed E-state index contributed by atoms with van der Waals surface area (Å²) in [6.07, 6.45) is 1.89. The Balaban J connectivity index is 1.87. The van der Waals surface area contributed by atoms with Crippen LogP contribution in [0.15, 0.2) is 85.1 Å². The third-order valence-electron chi connectivity index (χ3n) is 4.49. The summed E-state index contributed by atoms with van der Waals surface area (Å²) in [6.45, 7) is 0. The first kappa shape index (κ1) is 16.6. The molecule has 3 aromatic carbocycles. The van der Waals surface area contributed by atoms with E-state index < -0.39 is 0 Å². The van der Waals surface area contributed by atoms with Gasteiger partial charge in [-0.25, -0.2) is 0 Å². The summed E-state index contributed by atoms with van der Waals surface area (Å²) in [7, 11) is 0. The second-order valence-electron chi connectivity index (χ2n) is 6.21. The molecule has 1 atom stereocenters. The van der Waals surface area contributed by atoms with E-state index in [0.717, 1.165) is 27.6 Å². The molecular weight excluding hydrogens is 336 g/mol. The van der Waals surface area contributed by atoms with Gasteiger partial charge in [-0.15, -0.1) is 0 Å². The summed E-state index contributed by atoms with van der Waals surface area (Å²) >= 11 is 0. The van der Waals surface area contributed by atoms with Gasteiger partial charge in [0.1, 0.15) is 0 Å². The summed E-state index contributed by atoms with van der Waals surface area (Å²) < 4.78 is 0. The molecule has 0 radical (unpaired) electrons. The van der Waals surface area contributed by atoms with E-state index >= 15 is 0 Å². The first-order valence-corrected chi connectivity index (χ1v) is 8.59. The minimum absolute atomic E-state index is 0.0752. The zero-order chi connectivity index (χ0) is 18.6. The van der Waals surface area contributed by atoms with E-state index in [-0.39, 0.29) is 16.5 Å². The molecule has 0 bridgehead atoms. The molecule has 0 aliphatic rings. The number of nitro groups is 1. The highest BCUT2D eigenvalue weighted by molar-refractivity contribution is 5.87. The molecule has 0 saturated carbocycles. The lowest BCUT2D eigenvalue weighted by Gasteiger charge is -2.10. The Bertz CT molecular complexity index is 1150. The largest absolute Gasteiger partial charge is 0.361 e. The second kappa shape index (κ2) is 7.19. The lowest BCUT2D eigenvalue weighted by Crippen LogP contribution is -1.98. The Morgan fingerprint density at radius 1 is 0.926 bits per heavy atom. The highest BCUT2D eigenvalue weighted by Crippen LogP contribution is 2.32. The second-order valence-corrected chi connectivity index (χ2v) is 6.21. The van der Waals surface area contributed by atoms with Gasteiger partial charge in [0, 0.05) is 34.8 Å². The number of hydrogen-bond donors (Lipinski definition) is 1. The molecule has 0 saturated heterocycles. The van der Waals surface area contributed by atoms with Gasteiger partial charge < -0.3 is 4.98 Å². The average Bonchev–Trinajstić information content (AvgIpc) is 3.13. The molecule has 1 N–H and O–H groups in total. The number of aromatic nitrogens is 1. The van der Waals surface area contributed by atoms with E-state index in [4.69, 9.17) is 0 Å². The molecule has 27 heavy (non-hydrogen) atoms. The van der Waals surface area contributed by atoms with E-state index in [1.54, 1.807) is 12.1 Å². The predicted octanol–water partition coefficient (Wildman–Crippen LogP) is 5.26. The molecule has 0 aliphatic heterocycles. The fourth-order valence-electron chi connectivity index (χ4n) is 3.15. The predicted molar refractivity (Wildman–Crippen MR) is 107 cm³/mol. The zero-order valence-electron chi connectivity index (χ0n) is 14.4. The fraction of sp³-hybridized carbons (Fsp3) is 0.0435. The maximum absolute atomic E-state index is 11.2. The maximum atomic E-state index is 11.2. The fourth-order valence-corrected chi connectivity index (χ4v) is 3.15. The maximum Gasteiger partial charge on any atom is 0.270 e. The molecule has 1 aromatic heterocycles. The van der Waals surface area contributed by atoms with Crippen LogP contribution in [0.5, 0.6) is 0 Å². The van der Waals surface area contributed by atoms with Crippen molar-refractivity contribution in [1.82, 2.24) is 4.98 Å². The van der Waals surface area contributed by atoms with Crippen LogP contribution in [0.4, 0.5) is 5.69 Å². The van der Waals surface area contributed by atoms with Crippen LogP contribution in [0.2, 0.25) is 0 Å². The van der Waals surface area contributed by atoms with Gasteiger partial charge in [-0.1, -0.05) is 60.4 Å². The van der Waals surface area contributed by atoms with Gasteiger partial charge in [0.2, 0.25) is 0 Å². The third-order valence-corrected chi connectivity index (χ3v) is 4.49. The van der Waals surface area contributed by atoms with Gasteiger partial charge >= 0.3 is 0 Å². The highest BCUT2D eigenvalue weighted by Gasteiger charge is 2.18. The number of nitrogens with one attached hydrogen (secondary N) is 1. The van der Waals surface area contributed by atoms with Crippen molar-refractivity contribution in [3.05, 3.63) is 112 Å². The van der Waals surface area contributed by atoms with Crippen molar-refractivity contribution in [3.63, 3.8) is 0 Å². The van der Waals surface area contributed by atoms with E-state index in [1.165, 1.54) is 6.07 Å². The number of H-pyrrole nitrogens is 1. The molecule has 1 unspecified atom stereocenters. The number of hydrogen-bond acceptors (Lipinski definition) is 2. The quantitative estimate of drug-likeness (QED) is 0.311. The molecule has 4 heteroatoms. The van der Waals surface area contributed by atoms with Gasteiger partial charge in [0.05, 0.1) is 10.8 Å². The van der Waals surface area contributed by atoms with Crippen molar-refractivity contribution < 1.29 is 4.92 Å². The minimum Gasteiger partial charge on any atom is -0.361 e. The van der Waals surface area contributed by atoms with Gasteiger partial charge in [-0.05, 0) is 29.3 Å². The van der Waals surface area contributed by atoms with Crippen LogP contribution in [0.1, 0.15) is 22.6 Å². The van der Waals surface area contributed by atoms with Crippen molar-refractivity contribution >= 4 is 16.6 Å². The molecule has 0 fully saturated rings. The molecular formula is C23H16N2O2. The Labute approximate surface area is 156 Å². The number of nitrogens with zero attached hydrogens (tertiary/aromatic N) is 1. The van der Waals surface area contributed by atoms with E-state index in [9.17, 15) is 10.1 Å². The molecule has 130 valence electrons. The molecule has 0 spiro atoms. The first-order chi connectivity index (χ1) is 13.2. The number of benzene rings is 3. The first-order valence-electron chi connectivity index (χ1n) is 8.59. The van der Waals surface area contributed by atoms with Crippen LogP contribution < -0.4 is 0 Å². The smallest absolute Gasteiger partial charge is 0.270 e. The molecule has 0 amide bonds. The van der Waals surface area contributed by atoms with Gasteiger partial charge in [-0.2, -0.15) is 0 Å². The molecule has 0 aliphatic carbocycles. The Morgan fingerprint density at radius 2 is 1.63 bits per heavy atom. The van der Waals surface area contributed by atoms with Gasteiger partial charge in [0.25, 0.3) is 5.69 Å². The number of non-ortho nitro benzene ring substituents is 1. The SMILES string of the molecule is O=[N+]([O-])c1ccc2[nH]cc(C(C#Cc3ccccc3)c3ccccc3)c2c1. The van der Waals surface area contributed by atoms with Crippen molar-refractivity contribution in [2.45, 2.75) is 5.92 Å². The lowest BCUT2D eigenvalue weighted by atomic mass is 9.91. The monoisotopic (exact) mass is 352 g/mol. The van der Waals surface area contributed by atoms with Crippen LogP contribution in [-0.4, -0.2) is 9.91 Å². The van der Waals surface area contributed by atoms with Crippen LogP contribution in [0, 0.1) is 22.0 Å². The number of nitro benzene ring substituents is 1. The normalized spacial score (nSPS) is 11.6. The van der Waals surface area contributed by atoms with E-state index in [1.807, 2.05) is 66.9 Å². The minimum atomic E-state index is -0.372. The van der Waals surface area contributed by atoms with Crippen LogP contribution in [0.25, 0.3) is 10.9 Å². The van der Waals surface area contributed by atoms with Crippen molar-refractivity contribution in [3.8, 4) is 11.8 Å². The van der Waals surface area contributed by atoms with Crippen molar-refractivity contribution in [2.75, 3.05) is 0 Å². The summed E-state index contributed by atoms with van der Waals surface area (Å²) in [4.78, 5) is 14.0. The molecule has 1 heterocycles. The van der Waals surface area contributed by atoms with Gasteiger partial charge in [-0.3, -0.25) is 10.1 Å². The Morgan fingerprint density at radius 3 is 2.33 bits per heavy atom. The third kappa shape index (κ3) is 3.44. The van der Waals surface area contributed by atoms with Crippen LogP contribution in [0.3, 0.4) is 0 Å². The standard InChI is InChI=1S/C23H16N2O2/c26-25(27)19-12-14-23-21(15-19)22(16-24-23)20(18-9-5-2-6-10-18)13-11-17-7-3-1-4-8-17/h1-10,12,14-16,20,24H. The van der Waals surface area contributed by atoms with E-state index in [2.05, 4.69) is 16.8 Å². The Hall–Kier alpha value is -3.84. The average molecular weight is 352 g/mol. The number of aromatic amines is 1. The lowest BCUT2D eigenvalue weighted by molar-refractivity contribution is -0.384. The zero-order valence-corrected chi connectivity index (χ0v) is 14.4. The van der Waals surface area contributed by atoms with Gasteiger partial charge in [0.15, 0.2) is 0 Å². The van der Waals surface area contributed by atoms with Crippen LogP contribution in [-0.2, 0) is 0 Å². The summed E-state index contributed by atoms with van der Waals surface area (Å²) in [5.41, 5.74) is 3.85. The summed E-state index contributed by atoms with van der Waals surface area (Å²) in [6, 6.07) is 24.6. The van der Waals surface area contributed by atoms with Crippen LogP contribution >= 0.6 is 0 Å². The topological polar surface area (TPSA) is 58.9 Å². The molecule has 4 rings (SSSR count). The van der Waals surface area contributed by atoms with E-state index in [0.29, 0.717) is 0 Å². The number of fused-ring (bicyclic) bond motifs is 1. The molecule has 4 nitrogen and oxygen atoms in total. The number of rotatable bonds is 3. The summed E-state index contributed by atoms with van der Waals surface area (Å²) in [5, 5.41) is 12.0.